The molecule has 0 saturated carbocycles. The third kappa shape index (κ3) is 5.89. The number of ketones is 1. The molecular weight excluding hydrogens is 558 g/mol. The molecule has 3 aromatic rings. The van der Waals surface area contributed by atoms with Gasteiger partial charge in [-0.15, -0.1) is 0 Å². The lowest BCUT2D eigenvalue weighted by Crippen LogP contribution is -2.52. The van der Waals surface area contributed by atoms with E-state index in [9.17, 15) is 34.1 Å². The zero-order valence-electron chi connectivity index (χ0n) is 22.9. The Kier molecular flexibility index (Phi) is 8.10. The van der Waals surface area contributed by atoms with E-state index in [1.807, 2.05) is 0 Å². The molecule has 5 rings (SSSR count). The summed E-state index contributed by atoms with van der Waals surface area (Å²) in [6, 6.07) is 16.6. The molecule has 0 bridgehead atoms. The average molecular weight is 584 g/mol. The number of fused-ring (bicyclic) bond motifs is 1. The number of esters is 1. The maximum Gasteiger partial charge on any atom is 0.343 e. The fraction of sp³-hybridized carbons (Fsp3) is 0.194. The predicted octanol–water partition coefficient (Wildman–Crippen LogP) is 4.01. The Morgan fingerprint density at radius 2 is 1.47 bits per heavy atom. The van der Waals surface area contributed by atoms with Gasteiger partial charge in [0.2, 0.25) is 0 Å². The molecule has 0 unspecified atom stereocenters. The number of benzene rings is 3. The number of methoxy groups -OCH3 is 1. The number of Topliss-reactive ketones (excluding diaryl/α,β-unsaturated/α-hetero) is 1. The van der Waals surface area contributed by atoms with E-state index < -0.39 is 52.8 Å². The first kappa shape index (κ1) is 28.9. The number of amides is 3. The molecule has 1 saturated heterocycles. The number of hydrogen-bond acceptors (Lipinski definition) is 9. The predicted molar refractivity (Wildman–Crippen MR) is 150 cm³/mol. The summed E-state index contributed by atoms with van der Waals surface area (Å²) in [5.41, 5.74) is 0.0834. The van der Waals surface area contributed by atoms with Crippen molar-refractivity contribution >= 4 is 35.2 Å². The molecule has 1 heterocycles. The Labute approximate surface area is 245 Å². The molecular formula is C31H25N3O9. The van der Waals surface area contributed by atoms with Crippen LogP contribution in [-0.2, 0) is 9.59 Å². The molecule has 12 nitrogen and oxygen atoms in total. The second kappa shape index (κ2) is 12.1. The first-order chi connectivity index (χ1) is 20.7. The van der Waals surface area contributed by atoms with Gasteiger partial charge in [0.1, 0.15) is 18.0 Å². The van der Waals surface area contributed by atoms with Crippen LogP contribution in [0.1, 0.15) is 43.9 Å². The molecule has 3 amide bonds. The van der Waals surface area contributed by atoms with Gasteiger partial charge < -0.3 is 9.47 Å². The normalized spacial score (nSPS) is 17.3. The quantitative estimate of drug-likeness (QED) is 0.0691. The highest BCUT2D eigenvalue weighted by molar-refractivity contribution is 6.09. The Morgan fingerprint density at radius 1 is 0.860 bits per heavy atom. The summed E-state index contributed by atoms with van der Waals surface area (Å²) >= 11 is 0. The number of allylic oxidation sites excluding steroid dienone is 2. The van der Waals surface area contributed by atoms with E-state index in [1.165, 1.54) is 49.6 Å². The summed E-state index contributed by atoms with van der Waals surface area (Å²) in [5, 5.41) is 12.6. The third-order valence-electron chi connectivity index (χ3n) is 7.27. The molecule has 1 fully saturated rings. The lowest BCUT2D eigenvalue weighted by molar-refractivity contribution is -0.384. The van der Waals surface area contributed by atoms with Gasteiger partial charge in [0.05, 0.1) is 29.4 Å². The van der Waals surface area contributed by atoms with Crippen LogP contribution in [-0.4, -0.2) is 58.1 Å². The maximum absolute atomic E-state index is 13.6. The number of nitro groups is 1. The Bertz CT molecular complexity index is 1620. The number of non-ortho nitro benzene ring substituents is 1. The van der Waals surface area contributed by atoms with E-state index >= 15 is 0 Å². The molecule has 218 valence electrons. The number of hydrazine groups is 1. The first-order valence-electron chi connectivity index (χ1n) is 13.3. The summed E-state index contributed by atoms with van der Waals surface area (Å²) < 4.78 is 10.5. The second-order valence-electron chi connectivity index (χ2n) is 9.88. The molecule has 0 aromatic heterocycles. The van der Waals surface area contributed by atoms with E-state index in [1.54, 1.807) is 30.4 Å². The number of hydrogen-bond donors (Lipinski definition) is 0. The van der Waals surface area contributed by atoms with Crippen molar-refractivity contribution in [2.24, 2.45) is 11.8 Å². The van der Waals surface area contributed by atoms with Crippen LogP contribution in [0.3, 0.4) is 0 Å². The molecule has 2 atom stereocenters. The van der Waals surface area contributed by atoms with Gasteiger partial charge >= 0.3 is 5.97 Å². The van der Waals surface area contributed by atoms with Crippen LogP contribution in [0.4, 0.5) is 5.69 Å². The topological polar surface area (TPSA) is 153 Å². The van der Waals surface area contributed by atoms with Gasteiger partial charge in [0, 0.05) is 23.3 Å². The van der Waals surface area contributed by atoms with E-state index in [-0.39, 0.29) is 28.1 Å². The van der Waals surface area contributed by atoms with Crippen molar-refractivity contribution in [1.82, 2.24) is 10.0 Å². The molecule has 43 heavy (non-hydrogen) atoms. The van der Waals surface area contributed by atoms with E-state index in [0.717, 1.165) is 22.2 Å². The van der Waals surface area contributed by atoms with Crippen LogP contribution in [0.5, 0.6) is 11.5 Å². The number of rotatable bonds is 9. The average Bonchev–Trinajstić information content (AvgIpc) is 3.28. The summed E-state index contributed by atoms with van der Waals surface area (Å²) in [5.74, 6) is -3.95. The summed E-state index contributed by atoms with van der Waals surface area (Å²) in [6.45, 7) is -0.664. The van der Waals surface area contributed by atoms with Gasteiger partial charge in [-0.1, -0.05) is 18.2 Å². The highest BCUT2D eigenvalue weighted by atomic mass is 16.6. The fourth-order valence-electron chi connectivity index (χ4n) is 4.98. The van der Waals surface area contributed by atoms with Crippen molar-refractivity contribution in [3.63, 3.8) is 0 Å². The van der Waals surface area contributed by atoms with E-state index in [2.05, 4.69) is 0 Å². The van der Waals surface area contributed by atoms with Crippen molar-refractivity contribution < 1.29 is 38.4 Å². The van der Waals surface area contributed by atoms with Gasteiger partial charge in [-0.25, -0.2) is 9.80 Å². The van der Waals surface area contributed by atoms with Gasteiger partial charge in [-0.2, -0.15) is 5.01 Å². The summed E-state index contributed by atoms with van der Waals surface area (Å²) in [4.78, 5) is 76.6. The van der Waals surface area contributed by atoms with Crippen LogP contribution in [0.15, 0.2) is 84.9 Å². The van der Waals surface area contributed by atoms with Crippen molar-refractivity contribution in [1.29, 1.82) is 0 Å². The van der Waals surface area contributed by atoms with Crippen LogP contribution in [0, 0.1) is 22.0 Å². The molecule has 0 spiro atoms. The minimum Gasteiger partial charge on any atom is -0.497 e. The number of imide groups is 1. The monoisotopic (exact) mass is 583 g/mol. The van der Waals surface area contributed by atoms with Crippen molar-refractivity contribution in [2.75, 3.05) is 13.7 Å². The zero-order chi connectivity index (χ0) is 30.7. The number of carbonyl (C=O) groups is 5. The van der Waals surface area contributed by atoms with Crippen molar-refractivity contribution in [3.05, 3.63) is 112 Å². The van der Waals surface area contributed by atoms with Gasteiger partial charge in [0.25, 0.3) is 23.4 Å². The Morgan fingerprint density at radius 3 is 2.05 bits per heavy atom. The SMILES string of the molecule is COc1cccc(C(=O)Oc2ccc(C(=O)CN(C(=O)c3ccc([N+](=O)[O-])cc3)N3C(=O)[C@H]4CC=CC[C@@H]4C3=O)cc2)c1. The minimum atomic E-state index is -0.847. The van der Waals surface area contributed by atoms with E-state index in [4.69, 9.17) is 9.47 Å². The fourth-order valence-corrected chi connectivity index (χ4v) is 4.98. The first-order valence-corrected chi connectivity index (χ1v) is 13.3. The molecule has 2 aliphatic rings. The Hall–Kier alpha value is -5.65. The molecule has 1 aliphatic heterocycles. The van der Waals surface area contributed by atoms with Gasteiger partial charge in [0.15, 0.2) is 5.78 Å². The minimum absolute atomic E-state index is 0.0493. The van der Waals surface area contributed by atoms with Crippen LogP contribution in [0.25, 0.3) is 0 Å². The third-order valence-corrected chi connectivity index (χ3v) is 7.27. The second-order valence-corrected chi connectivity index (χ2v) is 9.88. The van der Waals surface area contributed by atoms with Gasteiger partial charge in [-0.05, 0) is 67.4 Å². The highest BCUT2D eigenvalue weighted by Gasteiger charge is 2.51. The summed E-state index contributed by atoms with van der Waals surface area (Å²) in [6.07, 6.45) is 4.25. The number of nitrogens with zero attached hydrogens (tertiary/aromatic N) is 3. The molecule has 3 aromatic carbocycles. The standard InChI is InChI=1S/C31H25N3O9/c1-42-24-6-4-5-21(17-24)31(39)43-23-15-11-19(12-16-23)27(35)18-32(28(36)20-9-13-22(14-10-20)34(40)41)33-29(37)25-7-2-3-8-26(25)30(33)38/h2-6,9-17,25-26H,7-8,18H2,1H3/t25-,26-/m0/s1. The largest absolute Gasteiger partial charge is 0.497 e. The number of ether oxygens (including phenoxy) is 2. The van der Waals surface area contributed by atoms with E-state index in [0.29, 0.717) is 18.6 Å². The lowest BCUT2D eigenvalue weighted by atomic mass is 9.85. The molecule has 0 radical (unpaired) electrons. The number of nitro benzene ring substituents is 1. The van der Waals surface area contributed by atoms with Crippen molar-refractivity contribution in [3.8, 4) is 11.5 Å². The molecule has 12 heteroatoms. The molecule has 0 N–H and O–H groups in total. The zero-order valence-corrected chi connectivity index (χ0v) is 22.9. The molecule has 1 aliphatic carbocycles. The smallest absolute Gasteiger partial charge is 0.343 e. The Balaban J connectivity index is 1.37. The lowest BCUT2D eigenvalue weighted by Gasteiger charge is -2.30. The highest BCUT2D eigenvalue weighted by Crippen LogP contribution is 2.36. The van der Waals surface area contributed by atoms with Gasteiger partial charge in [-0.3, -0.25) is 29.3 Å². The maximum atomic E-state index is 13.6. The van der Waals surface area contributed by atoms with Crippen LogP contribution in [0.2, 0.25) is 0 Å². The van der Waals surface area contributed by atoms with Crippen LogP contribution >= 0.6 is 0 Å². The number of carbonyl (C=O) groups excluding carboxylic acids is 5. The summed E-state index contributed by atoms with van der Waals surface area (Å²) in [7, 11) is 1.47. The van der Waals surface area contributed by atoms with Crippen LogP contribution < -0.4 is 9.47 Å². The van der Waals surface area contributed by atoms with Crippen molar-refractivity contribution in [2.45, 2.75) is 12.8 Å².